The molecule has 0 aliphatic rings. The predicted octanol–water partition coefficient (Wildman–Crippen LogP) is 13.1. The van der Waals surface area contributed by atoms with Crippen molar-refractivity contribution in [3.8, 4) is 51.0 Å². The van der Waals surface area contributed by atoms with Crippen LogP contribution in [-0.2, 0) is 0 Å². The van der Waals surface area contributed by atoms with Gasteiger partial charge in [-0.05, 0) is 92.0 Å². The number of rotatable bonds is 5. The Bertz CT molecular complexity index is 3200. The van der Waals surface area contributed by atoms with Gasteiger partial charge in [0.25, 0.3) is 0 Å². The molecule has 11 rings (SSSR count). The van der Waals surface area contributed by atoms with Crippen LogP contribution in [0, 0.1) is 0 Å². The Balaban J connectivity index is 1.05. The fourth-order valence-electron chi connectivity index (χ4n) is 8.22. The highest BCUT2D eigenvalue weighted by molar-refractivity contribution is 6.25. The minimum Gasteiger partial charge on any atom is -0.309 e. The lowest BCUT2D eigenvalue weighted by Crippen LogP contribution is -2.00. The highest BCUT2D eigenvalue weighted by Crippen LogP contribution is 2.38. The molecule has 0 atom stereocenters. The van der Waals surface area contributed by atoms with Crippen LogP contribution in [0.4, 0.5) is 0 Å². The van der Waals surface area contributed by atoms with E-state index in [2.05, 4.69) is 180 Å². The van der Waals surface area contributed by atoms with Crippen molar-refractivity contribution in [3.05, 3.63) is 194 Å². The van der Waals surface area contributed by atoms with E-state index in [1.165, 1.54) is 65.3 Å². The van der Waals surface area contributed by atoms with E-state index in [0.717, 1.165) is 22.4 Å². The summed E-state index contributed by atoms with van der Waals surface area (Å²) >= 11 is 0. The molecule has 9 aromatic carbocycles. The van der Waals surface area contributed by atoms with Crippen LogP contribution < -0.4 is 0 Å². The van der Waals surface area contributed by atoms with Gasteiger partial charge in [-0.2, -0.15) is 0 Å². The molecule has 55 heavy (non-hydrogen) atoms. The number of hydrogen-bond donors (Lipinski definition) is 0. The lowest BCUT2D eigenvalue weighted by molar-refractivity contribution is 1.07. The van der Waals surface area contributed by atoms with Crippen LogP contribution in [0.3, 0.4) is 0 Å². The van der Waals surface area contributed by atoms with E-state index in [0.29, 0.717) is 17.5 Å². The lowest BCUT2D eigenvalue weighted by atomic mass is 9.93. The second-order valence-corrected chi connectivity index (χ2v) is 14.0. The number of aromatic nitrogens is 4. The molecule has 0 saturated heterocycles. The smallest absolute Gasteiger partial charge is 0.164 e. The summed E-state index contributed by atoms with van der Waals surface area (Å²) in [4.78, 5) is 15.3. The molecule has 2 heterocycles. The maximum atomic E-state index is 5.15. The van der Waals surface area contributed by atoms with Crippen LogP contribution in [0.15, 0.2) is 194 Å². The van der Waals surface area contributed by atoms with Crippen molar-refractivity contribution >= 4 is 54.1 Å². The van der Waals surface area contributed by atoms with Crippen LogP contribution in [0.5, 0.6) is 0 Å². The molecule has 0 radical (unpaired) electrons. The van der Waals surface area contributed by atoms with Gasteiger partial charge < -0.3 is 4.57 Å². The standard InChI is InChI=1S/C51H32N4/c1-3-13-33(14-4-1)36-26-30-48-46(31-36)44-21-11-12-22-47(44)55(48)38-27-23-35(24-28-38)50-52-49(34-15-5-2-6-16-34)53-51(54-50)37-25-29-43-41-19-8-7-17-39(41)40-18-9-10-20-42(40)45(43)32-37/h1-32H. The van der Waals surface area contributed by atoms with Crippen molar-refractivity contribution in [2.24, 2.45) is 0 Å². The zero-order valence-electron chi connectivity index (χ0n) is 29.8. The van der Waals surface area contributed by atoms with Crippen molar-refractivity contribution in [3.63, 3.8) is 0 Å². The van der Waals surface area contributed by atoms with Gasteiger partial charge in [-0.25, -0.2) is 15.0 Å². The molecule has 0 spiro atoms. The summed E-state index contributed by atoms with van der Waals surface area (Å²) in [6, 6.07) is 68.7. The first-order valence-electron chi connectivity index (χ1n) is 18.6. The second-order valence-electron chi connectivity index (χ2n) is 14.0. The van der Waals surface area contributed by atoms with Gasteiger partial charge in [0.15, 0.2) is 17.5 Å². The fourth-order valence-corrected chi connectivity index (χ4v) is 8.22. The zero-order valence-corrected chi connectivity index (χ0v) is 29.8. The van der Waals surface area contributed by atoms with Crippen LogP contribution in [0.25, 0.3) is 105 Å². The lowest BCUT2D eigenvalue weighted by Gasteiger charge is -2.13. The van der Waals surface area contributed by atoms with Gasteiger partial charge in [-0.15, -0.1) is 0 Å². The topological polar surface area (TPSA) is 43.6 Å². The van der Waals surface area contributed by atoms with Crippen LogP contribution in [0.1, 0.15) is 0 Å². The van der Waals surface area contributed by atoms with Crippen molar-refractivity contribution in [2.75, 3.05) is 0 Å². The van der Waals surface area contributed by atoms with E-state index in [-0.39, 0.29) is 0 Å². The molecule has 0 aliphatic carbocycles. The Kier molecular flexibility index (Phi) is 7.14. The van der Waals surface area contributed by atoms with Crippen LogP contribution >= 0.6 is 0 Å². The average molecular weight is 701 g/mol. The molecule has 0 fully saturated rings. The Hall–Kier alpha value is -7.43. The van der Waals surface area contributed by atoms with Crippen LogP contribution in [0.2, 0.25) is 0 Å². The van der Waals surface area contributed by atoms with Gasteiger partial charge in [-0.3, -0.25) is 0 Å². The number of hydrogen-bond acceptors (Lipinski definition) is 3. The number of benzene rings is 9. The molecule has 256 valence electrons. The predicted molar refractivity (Wildman–Crippen MR) is 228 cm³/mol. The quantitative estimate of drug-likeness (QED) is 0.168. The Morgan fingerprint density at radius 1 is 0.255 bits per heavy atom. The zero-order chi connectivity index (χ0) is 36.3. The van der Waals surface area contributed by atoms with E-state index < -0.39 is 0 Å². The van der Waals surface area contributed by atoms with E-state index in [4.69, 9.17) is 15.0 Å². The average Bonchev–Trinajstić information content (AvgIpc) is 3.60. The summed E-state index contributed by atoms with van der Waals surface area (Å²) < 4.78 is 2.35. The fraction of sp³-hybridized carbons (Fsp3) is 0. The molecule has 0 saturated carbocycles. The molecular weight excluding hydrogens is 669 g/mol. The molecular formula is C51H32N4. The molecule has 0 N–H and O–H groups in total. The molecule has 4 heteroatoms. The van der Waals surface area contributed by atoms with Crippen molar-refractivity contribution in [2.45, 2.75) is 0 Å². The number of fused-ring (bicyclic) bond motifs is 9. The highest BCUT2D eigenvalue weighted by Gasteiger charge is 2.17. The summed E-state index contributed by atoms with van der Waals surface area (Å²) in [6.45, 7) is 0. The van der Waals surface area contributed by atoms with E-state index in [1.807, 2.05) is 18.2 Å². The molecule has 2 aromatic heterocycles. The molecule has 11 aromatic rings. The van der Waals surface area contributed by atoms with Crippen molar-refractivity contribution < 1.29 is 0 Å². The van der Waals surface area contributed by atoms with Gasteiger partial charge in [0.1, 0.15) is 0 Å². The maximum absolute atomic E-state index is 5.15. The summed E-state index contributed by atoms with van der Waals surface area (Å²) in [5.41, 5.74) is 8.65. The summed E-state index contributed by atoms with van der Waals surface area (Å²) in [6.07, 6.45) is 0. The van der Waals surface area contributed by atoms with Gasteiger partial charge >= 0.3 is 0 Å². The first kappa shape index (κ1) is 31.1. The minimum atomic E-state index is 0.633. The van der Waals surface area contributed by atoms with Gasteiger partial charge in [0.2, 0.25) is 0 Å². The van der Waals surface area contributed by atoms with Crippen molar-refractivity contribution in [1.29, 1.82) is 0 Å². The summed E-state index contributed by atoms with van der Waals surface area (Å²) in [7, 11) is 0. The first-order chi connectivity index (χ1) is 27.3. The third-order valence-corrected chi connectivity index (χ3v) is 10.8. The Labute approximate surface area is 317 Å². The third kappa shape index (κ3) is 5.19. The third-order valence-electron chi connectivity index (χ3n) is 10.8. The van der Waals surface area contributed by atoms with E-state index >= 15 is 0 Å². The summed E-state index contributed by atoms with van der Waals surface area (Å²) in [5, 5.41) is 9.81. The molecule has 0 aliphatic heterocycles. The normalized spacial score (nSPS) is 11.6. The Morgan fingerprint density at radius 3 is 1.31 bits per heavy atom. The summed E-state index contributed by atoms with van der Waals surface area (Å²) in [5.74, 6) is 1.92. The molecule has 0 bridgehead atoms. The number of para-hydroxylation sites is 1. The van der Waals surface area contributed by atoms with E-state index in [1.54, 1.807) is 0 Å². The van der Waals surface area contributed by atoms with Gasteiger partial charge in [0, 0.05) is 33.2 Å². The van der Waals surface area contributed by atoms with E-state index in [9.17, 15) is 0 Å². The second kappa shape index (κ2) is 12.6. The van der Waals surface area contributed by atoms with Gasteiger partial charge in [-0.1, -0.05) is 146 Å². The molecule has 4 nitrogen and oxygen atoms in total. The minimum absolute atomic E-state index is 0.633. The monoisotopic (exact) mass is 700 g/mol. The molecule has 0 amide bonds. The van der Waals surface area contributed by atoms with Crippen molar-refractivity contribution in [1.82, 2.24) is 19.5 Å². The van der Waals surface area contributed by atoms with Crippen LogP contribution in [-0.4, -0.2) is 19.5 Å². The highest BCUT2D eigenvalue weighted by atomic mass is 15.0. The Morgan fingerprint density at radius 2 is 0.673 bits per heavy atom. The van der Waals surface area contributed by atoms with Gasteiger partial charge in [0.05, 0.1) is 11.0 Å². The largest absolute Gasteiger partial charge is 0.309 e. The molecule has 0 unspecified atom stereocenters. The first-order valence-corrected chi connectivity index (χ1v) is 18.6. The maximum Gasteiger partial charge on any atom is 0.164 e. The SMILES string of the molecule is c1ccc(-c2ccc3c(c2)c2ccccc2n3-c2ccc(-c3nc(-c4ccccc4)nc(-c4ccc5c6ccccc6c6ccccc6c5c4)n3)cc2)cc1. The number of nitrogens with zero attached hydrogens (tertiary/aromatic N) is 4.